The molecule has 1 aromatic carbocycles. The number of nitrogens with zero attached hydrogens (tertiary/aromatic N) is 4. The summed E-state index contributed by atoms with van der Waals surface area (Å²) in [6.07, 6.45) is 8.30. The van der Waals surface area contributed by atoms with Gasteiger partial charge in [-0.25, -0.2) is 9.78 Å². The number of anilines is 5. The van der Waals surface area contributed by atoms with Crippen LogP contribution in [0, 0.1) is 29.1 Å². The van der Waals surface area contributed by atoms with Gasteiger partial charge in [0.1, 0.15) is 17.5 Å². The Labute approximate surface area is 252 Å². The molecule has 3 fully saturated rings. The van der Waals surface area contributed by atoms with Crippen molar-refractivity contribution in [2.75, 3.05) is 41.0 Å². The predicted octanol–water partition coefficient (Wildman–Crippen LogP) is 4.41. The van der Waals surface area contributed by atoms with Crippen molar-refractivity contribution in [2.45, 2.75) is 63.8 Å². The van der Waals surface area contributed by atoms with Crippen molar-refractivity contribution >= 4 is 40.6 Å². The minimum atomic E-state index is -0.654. The first kappa shape index (κ1) is 28.8. The number of piperazine rings is 1. The number of benzene rings is 1. The van der Waals surface area contributed by atoms with E-state index in [9.17, 15) is 14.9 Å². The van der Waals surface area contributed by atoms with E-state index in [0.29, 0.717) is 40.5 Å². The molecule has 0 unspecified atom stereocenters. The summed E-state index contributed by atoms with van der Waals surface area (Å²) in [5.41, 5.74) is 8.31. The van der Waals surface area contributed by atoms with Crippen LogP contribution in [0.2, 0.25) is 0 Å². The summed E-state index contributed by atoms with van der Waals surface area (Å²) < 4.78 is 5.58. The van der Waals surface area contributed by atoms with E-state index in [1.807, 2.05) is 32.9 Å². The maximum Gasteiger partial charge on any atom is 0.412 e. The van der Waals surface area contributed by atoms with Crippen LogP contribution in [-0.2, 0) is 9.53 Å². The smallest absolute Gasteiger partial charge is 0.412 e. The van der Waals surface area contributed by atoms with Crippen molar-refractivity contribution in [2.24, 2.45) is 23.5 Å². The monoisotopic (exact) mass is 584 g/mol. The normalized spacial score (nSPS) is 27.6. The minimum Gasteiger partial charge on any atom is -0.444 e. The number of likely N-dealkylation sites (N-methyl/N-ethyl adjacent to an activating group) is 1. The second-order valence-electron chi connectivity index (χ2n) is 13.3. The first-order valence-corrected chi connectivity index (χ1v) is 15.0. The van der Waals surface area contributed by atoms with Crippen LogP contribution in [0.15, 0.2) is 42.6 Å². The predicted molar refractivity (Wildman–Crippen MR) is 166 cm³/mol. The summed E-state index contributed by atoms with van der Waals surface area (Å²) in [6.45, 7) is 7.49. The van der Waals surface area contributed by atoms with E-state index in [0.717, 1.165) is 38.0 Å². The number of nitrogens with two attached hydrogens (primary N) is 1. The second kappa shape index (κ2) is 11.1. The first-order valence-electron chi connectivity index (χ1n) is 15.0. The summed E-state index contributed by atoms with van der Waals surface area (Å²) in [7, 11) is 2.17. The topological polar surface area (TPSA) is 149 Å². The number of ether oxygens (including phenoxy) is 1. The summed E-state index contributed by atoms with van der Waals surface area (Å²) in [5.74, 6) is 0.0804. The lowest BCUT2D eigenvalue weighted by Crippen LogP contribution is -2.52. The van der Waals surface area contributed by atoms with Crippen LogP contribution < -0.4 is 26.6 Å². The zero-order chi connectivity index (χ0) is 30.5. The maximum atomic E-state index is 12.9. The van der Waals surface area contributed by atoms with Gasteiger partial charge in [-0.15, -0.1) is 0 Å². The lowest BCUT2D eigenvalue weighted by Gasteiger charge is -2.41. The molecule has 4 bridgehead atoms. The molecule has 11 nitrogen and oxygen atoms in total. The van der Waals surface area contributed by atoms with Gasteiger partial charge < -0.3 is 30.9 Å². The number of primary amides is 1. The van der Waals surface area contributed by atoms with Gasteiger partial charge in [-0.2, -0.15) is 5.26 Å². The minimum absolute atomic E-state index is 0.112. The molecule has 226 valence electrons. The van der Waals surface area contributed by atoms with E-state index in [1.54, 1.807) is 6.07 Å². The van der Waals surface area contributed by atoms with Crippen molar-refractivity contribution in [3.8, 4) is 6.07 Å². The molecule has 1 aromatic heterocycles. The van der Waals surface area contributed by atoms with Crippen LogP contribution in [0.4, 0.5) is 33.4 Å². The number of carbonyl (C=O) groups is 2. The van der Waals surface area contributed by atoms with E-state index in [2.05, 4.69) is 62.1 Å². The number of allylic oxidation sites excluding steroid dienone is 1. The van der Waals surface area contributed by atoms with Crippen molar-refractivity contribution in [3.05, 3.63) is 48.2 Å². The van der Waals surface area contributed by atoms with E-state index < -0.39 is 11.7 Å². The van der Waals surface area contributed by atoms with Gasteiger partial charge in [0.15, 0.2) is 0 Å². The molecule has 6 atom stereocenters. The molecule has 11 heteroatoms. The van der Waals surface area contributed by atoms with Crippen LogP contribution >= 0.6 is 0 Å². The number of hydrogen-bond acceptors (Lipinski definition) is 9. The molecule has 0 radical (unpaired) electrons. The van der Waals surface area contributed by atoms with E-state index >= 15 is 0 Å². The third-order valence-corrected chi connectivity index (χ3v) is 9.00. The number of amides is 2. The number of pyridine rings is 1. The zero-order valence-corrected chi connectivity index (χ0v) is 25.1. The summed E-state index contributed by atoms with van der Waals surface area (Å²) in [4.78, 5) is 34.5. The molecule has 3 heterocycles. The molecular formula is C32H40N8O3. The Kier molecular flexibility index (Phi) is 7.42. The lowest BCUT2D eigenvalue weighted by atomic mass is 9.88. The molecule has 2 amide bonds. The molecule has 5 N–H and O–H groups in total. The van der Waals surface area contributed by atoms with E-state index in [1.165, 1.54) is 6.20 Å². The highest BCUT2D eigenvalue weighted by atomic mass is 16.6. The van der Waals surface area contributed by atoms with Gasteiger partial charge in [0.25, 0.3) is 0 Å². The second-order valence-corrected chi connectivity index (χ2v) is 13.3. The highest BCUT2D eigenvalue weighted by Crippen LogP contribution is 2.45. The Morgan fingerprint density at radius 2 is 1.79 bits per heavy atom. The highest BCUT2D eigenvalue weighted by Gasteiger charge is 2.47. The van der Waals surface area contributed by atoms with Gasteiger partial charge in [0, 0.05) is 49.2 Å². The van der Waals surface area contributed by atoms with Crippen LogP contribution in [0.25, 0.3) is 0 Å². The summed E-state index contributed by atoms with van der Waals surface area (Å²) in [6, 6.07) is 10.6. The Morgan fingerprint density at radius 3 is 2.47 bits per heavy atom. The lowest BCUT2D eigenvalue weighted by molar-refractivity contribution is -0.122. The first-order chi connectivity index (χ1) is 20.5. The van der Waals surface area contributed by atoms with Crippen LogP contribution in [0.3, 0.4) is 0 Å². The van der Waals surface area contributed by atoms with Gasteiger partial charge in [-0.3, -0.25) is 10.1 Å². The van der Waals surface area contributed by atoms with Crippen molar-refractivity contribution in [1.82, 2.24) is 9.88 Å². The number of hydrogen-bond donors (Lipinski definition) is 4. The standard InChI is InChI=1S/C32H40N8O3/c1-32(2,3)43-31(42)38-26-12-21(40-22-7-8-23(40)17-39(4)16-22)9-10-24(26)36-27-13-25(20(14-33)15-35-27)37-29-19-6-5-18(11-19)28(29)30(34)41/h5-6,9-10,12-13,15,18-19,22-23,28-29H,7-8,11,16-17H2,1-4H3,(H2,34,41)(H,38,42)(H2,35,36,37)/t18-,19+,22-,23+,28+,29-/m1/s1. The van der Waals surface area contributed by atoms with Gasteiger partial charge in [0.2, 0.25) is 5.91 Å². The molecule has 2 aliphatic heterocycles. The Hall–Kier alpha value is -4.30. The summed E-state index contributed by atoms with van der Waals surface area (Å²) in [5, 5.41) is 19.5. The molecule has 0 spiro atoms. The maximum absolute atomic E-state index is 12.9. The Balaban J connectivity index is 1.29. The Morgan fingerprint density at radius 1 is 1.07 bits per heavy atom. The molecule has 2 aliphatic carbocycles. The third-order valence-electron chi connectivity index (χ3n) is 9.00. The van der Waals surface area contributed by atoms with Crippen LogP contribution in [-0.4, -0.2) is 65.7 Å². The molecule has 1 saturated carbocycles. The largest absolute Gasteiger partial charge is 0.444 e. The van der Waals surface area contributed by atoms with E-state index in [4.69, 9.17) is 10.5 Å². The fraction of sp³-hybridized carbons (Fsp3) is 0.500. The number of likely N-dealkylation sites (tertiary alicyclic amines) is 1. The molecule has 43 heavy (non-hydrogen) atoms. The fourth-order valence-corrected chi connectivity index (χ4v) is 7.31. The number of aromatic nitrogens is 1. The molecule has 4 aliphatic rings. The number of nitrogens with one attached hydrogen (secondary N) is 3. The average molecular weight is 585 g/mol. The SMILES string of the molecule is CN1C[C@H]2CC[C@@H](C1)N2c1ccc(Nc2cc(N[C@H]3[C@@H](C(N)=O)[C@@H]4C=C[C@H]3C4)c(C#N)cn2)c(NC(=O)OC(C)(C)C)c1. The van der Waals surface area contributed by atoms with Gasteiger partial charge in [-0.05, 0) is 77.1 Å². The fourth-order valence-electron chi connectivity index (χ4n) is 7.31. The summed E-state index contributed by atoms with van der Waals surface area (Å²) >= 11 is 0. The number of carbonyl (C=O) groups excluding carboxylic acids is 2. The van der Waals surface area contributed by atoms with E-state index in [-0.39, 0.29) is 29.7 Å². The van der Waals surface area contributed by atoms with Crippen molar-refractivity contribution in [1.29, 1.82) is 5.26 Å². The third kappa shape index (κ3) is 5.84. The van der Waals surface area contributed by atoms with Crippen LogP contribution in [0.5, 0.6) is 0 Å². The quantitative estimate of drug-likeness (QED) is 0.347. The number of nitriles is 1. The molecule has 2 aromatic rings. The molecular weight excluding hydrogens is 544 g/mol. The van der Waals surface area contributed by atoms with Gasteiger partial charge >= 0.3 is 6.09 Å². The van der Waals surface area contributed by atoms with Gasteiger partial charge in [0.05, 0.1) is 28.5 Å². The zero-order valence-electron chi connectivity index (χ0n) is 25.1. The van der Waals surface area contributed by atoms with Crippen molar-refractivity contribution < 1.29 is 14.3 Å². The van der Waals surface area contributed by atoms with Gasteiger partial charge in [-0.1, -0.05) is 12.2 Å². The van der Waals surface area contributed by atoms with Crippen LogP contribution in [0.1, 0.15) is 45.6 Å². The van der Waals surface area contributed by atoms with Crippen molar-refractivity contribution in [3.63, 3.8) is 0 Å². The Bertz CT molecular complexity index is 1480. The average Bonchev–Trinajstić information content (AvgIpc) is 3.61. The highest BCUT2D eigenvalue weighted by molar-refractivity contribution is 5.92. The number of fused-ring (bicyclic) bond motifs is 4. The molecule has 6 rings (SSSR count). The molecule has 2 saturated heterocycles. The number of rotatable bonds is 7.